The number of hydrogen-bond donors (Lipinski definition) is 4. The number of halogens is 7. The third-order valence-corrected chi connectivity index (χ3v) is 8.79. The third-order valence-electron chi connectivity index (χ3n) is 8.44. The maximum atomic E-state index is 15.3. The van der Waals surface area contributed by atoms with E-state index in [-0.39, 0.29) is 44.1 Å². The first-order chi connectivity index (χ1) is 23.5. The first-order valence-electron chi connectivity index (χ1n) is 15.6. The Morgan fingerprint density at radius 2 is 1.63 bits per heavy atom. The maximum absolute atomic E-state index is 15.3. The van der Waals surface area contributed by atoms with Crippen molar-refractivity contribution in [1.29, 1.82) is 5.41 Å². The molecule has 3 heterocycles. The van der Waals surface area contributed by atoms with E-state index in [4.69, 9.17) is 32.7 Å². The first-order valence-corrected chi connectivity index (χ1v) is 16.0. The number of rotatable bonds is 5. The highest BCUT2D eigenvalue weighted by Gasteiger charge is 2.44. The monoisotopic (exact) mass is 725 g/mol. The van der Waals surface area contributed by atoms with Crippen LogP contribution in [-0.4, -0.2) is 46.0 Å². The van der Waals surface area contributed by atoms with Crippen molar-refractivity contribution in [3.63, 3.8) is 0 Å². The van der Waals surface area contributed by atoms with Gasteiger partial charge in [0.05, 0.1) is 50.2 Å². The van der Waals surface area contributed by atoms with Gasteiger partial charge in [-0.05, 0) is 64.1 Å². The van der Waals surface area contributed by atoms with Gasteiger partial charge in [-0.3, -0.25) is 5.41 Å². The average molecular weight is 726 g/mol. The van der Waals surface area contributed by atoms with Crippen molar-refractivity contribution in [2.75, 3.05) is 5.32 Å². The predicted octanol–water partition coefficient (Wildman–Crippen LogP) is 7.63. The van der Waals surface area contributed by atoms with Gasteiger partial charge >= 0.3 is 6.18 Å². The second kappa shape index (κ2) is 12.7. The van der Waals surface area contributed by atoms with Crippen LogP contribution in [0.1, 0.15) is 69.8 Å². The van der Waals surface area contributed by atoms with E-state index in [0.29, 0.717) is 17.2 Å². The van der Waals surface area contributed by atoms with Crippen molar-refractivity contribution in [2.24, 2.45) is 0 Å². The van der Waals surface area contributed by atoms with E-state index >= 15 is 4.39 Å². The molecule has 2 atom stereocenters. The van der Waals surface area contributed by atoms with Gasteiger partial charge in [0.15, 0.2) is 0 Å². The fourth-order valence-electron chi connectivity index (χ4n) is 6.20. The molecular formula is C34H32B2ClF6N7O. The molecule has 2 aromatic heterocycles. The molecule has 0 aliphatic carbocycles. The molecule has 6 rings (SSSR count). The molecule has 4 N–H and O–H groups in total. The van der Waals surface area contributed by atoms with E-state index < -0.39 is 57.3 Å². The van der Waals surface area contributed by atoms with E-state index in [0.717, 1.165) is 29.8 Å². The van der Waals surface area contributed by atoms with Crippen LogP contribution in [0.3, 0.4) is 0 Å². The standard InChI is InChI=1S/C32H26B2ClF6N7O.C2H6/c1-13-23-24(26(44-13)16-8-14(36)6-7-19(16)35)20(45-21-12-43-46-25-17(21)9-15(37)10-18(25)31(39,40)41)11-22-27(23)48(29(2,3)4)28(42)47(22)32(33,34)30(5,38)49;1-2/h6-12,26,42,44,49H,1H2,2-5H3,(H,45,46);1-2H3. The van der Waals surface area contributed by atoms with Crippen LogP contribution in [0, 0.1) is 17.0 Å². The normalized spacial score (nSPS) is 16.0. The lowest BCUT2D eigenvalue weighted by Gasteiger charge is -2.37. The van der Waals surface area contributed by atoms with Gasteiger partial charge in [-0.15, -0.1) is 5.10 Å². The van der Waals surface area contributed by atoms with Gasteiger partial charge in [-0.25, -0.2) is 13.2 Å². The highest BCUT2D eigenvalue weighted by Crippen LogP contribution is 2.48. The minimum Gasteiger partial charge on any atom is -0.374 e. The zero-order chi connectivity index (χ0) is 38.2. The topological polar surface area (TPSA) is 104 Å². The largest absolute Gasteiger partial charge is 0.418 e. The molecule has 264 valence electrons. The zero-order valence-electron chi connectivity index (χ0n) is 28.4. The number of nitrogens with zero attached hydrogens (tertiary/aromatic N) is 4. The number of anilines is 2. The Labute approximate surface area is 296 Å². The average Bonchev–Trinajstić information content (AvgIpc) is 3.52. The lowest BCUT2D eigenvalue weighted by atomic mass is 9.57. The molecule has 4 radical (unpaired) electrons. The molecule has 8 nitrogen and oxygen atoms in total. The Morgan fingerprint density at radius 1 is 0.980 bits per heavy atom. The van der Waals surface area contributed by atoms with Gasteiger partial charge in [0, 0.05) is 49.4 Å². The van der Waals surface area contributed by atoms with E-state index in [1.807, 2.05) is 13.8 Å². The summed E-state index contributed by atoms with van der Waals surface area (Å²) < 4.78 is 88.8. The second-order valence-electron chi connectivity index (χ2n) is 13.0. The van der Waals surface area contributed by atoms with Crippen molar-refractivity contribution >= 4 is 66.3 Å². The molecule has 2 unspecified atom stereocenters. The first kappa shape index (κ1) is 37.8. The van der Waals surface area contributed by atoms with Crippen LogP contribution in [0.15, 0.2) is 49.2 Å². The molecule has 0 spiro atoms. The van der Waals surface area contributed by atoms with Crippen LogP contribution in [0.2, 0.25) is 5.02 Å². The molecule has 1 aliphatic rings. The van der Waals surface area contributed by atoms with Crippen LogP contribution in [0.4, 0.5) is 37.7 Å². The molecule has 51 heavy (non-hydrogen) atoms. The van der Waals surface area contributed by atoms with Gasteiger partial charge < -0.3 is 24.9 Å². The van der Waals surface area contributed by atoms with Crippen molar-refractivity contribution < 1.29 is 31.4 Å². The smallest absolute Gasteiger partial charge is 0.374 e. The summed E-state index contributed by atoms with van der Waals surface area (Å²) in [4.78, 5) is 0. The van der Waals surface area contributed by atoms with Crippen molar-refractivity contribution in [1.82, 2.24) is 24.6 Å². The highest BCUT2D eigenvalue weighted by molar-refractivity contribution is 6.39. The van der Waals surface area contributed by atoms with Gasteiger partial charge in [-0.2, -0.15) is 18.3 Å². The summed E-state index contributed by atoms with van der Waals surface area (Å²) in [5.41, 5.74) is -2.07. The Hall–Kier alpha value is -4.43. The lowest BCUT2D eigenvalue weighted by molar-refractivity contribution is -0.136. The Morgan fingerprint density at radius 3 is 2.22 bits per heavy atom. The summed E-state index contributed by atoms with van der Waals surface area (Å²) in [5, 5.41) is 30.3. The Balaban J connectivity index is 0.00000248. The van der Waals surface area contributed by atoms with Crippen LogP contribution in [-0.2, 0) is 17.1 Å². The number of alkyl halides is 4. The van der Waals surface area contributed by atoms with Crippen LogP contribution in [0.5, 0.6) is 0 Å². The number of imidazole rings is 1. The van der Waals surface area contributed by atoms with E-state index in [2.05, 4.69) is 27.4 Å². The number of aromatic nitrogens is 4. The van der Waals surface area contributed by atoms with Crippen LogP contribution >= 0.6 is 11.6 Å². The van der Waals surface area contributed by atoms with Gasteiger partial charge in [0.2, 0.25) is 11.5 Å². The fraction of sp³-hybridized carbons (Fsp3) is 0.324. The number of fused-ring (bicyclic) bond motifs is 4. The van der Waals surface area contributed by atoms with E-state index in [9.17, 15) is 27.1 Å². The van der Waals surface area contributed by atoms with Crippen molar-refractivity contribution in [3.05, 3.63) is 93.7 Å². The lowest BCUT2D eigenvalue weighted by Crippen LogP contribution is -2.56. The summed E-state index contributed by atoms with van der Waals surface area (Å²) in [6, 6.07) is 5.28. The number of aliphatic hydroxyl groups is 1. The summed E-state index contributed by atoms with van der Waals surface area (Å²) in [6.07, 6.45) is -3.90. The molecule has 3 aromatic carbocycles. The minimum absolute atomic E-state index is 0.00785. The molecule has 0 saturated carbocycles. The Bertz CT molecular complexity index is 2270. The minimum atomic E-state index is -4.98. The molecule has 17 heteroatoms. The van der Waals surface area contributed by atoms with Crippen LogP contribution < -0.4 is 16.3 Å². The Kier molecular flexibility index (Phi) is 9.39. The molecule has 0 saturated heterocycles. The highest BCUT2D eigenvalue weighted by atomic mass is 35.5. The third kappa shape index (κ3) is 6.26. The fourth-order valence-corrected chi connectivity index (χ4v) is 6.43. The summed E-state index contributed by atoms with van der Waals surface area (Å²) in [6.45, 7) is 14.1. The molecule has 0 bridgehead atoms. The number of nitrogens with one attached hydrogen (secondary N) is 3. The van der Waals surface area contributed by atoms with Crippen molar-refractivity contribution in [3.8, 4) is 0 Å². The van der Waals surface area contributed by atoms with Gasteiger partial charge in [0.1, 0.15) is 17.2 Å². The molecule has 0 fully saturated rings. The summed E-state index contributed by atoms with van der Waals surface area (Å²) in [7, 11) is 12.4. The quantitative estimate of drug-likeness (QED) is 0.110. The van der Waals surface area contributed by atoms with Gasteiger partial charge in [0.25, 0.3) is 0 Å². The summed E-state index contributed by atoms with van der Waals surface area (Å²) >= 11 is 6.56. The molecule has 5 aromatic rings. The number of benzene rings is 3. The zero-order valence-corrected chi connectivity index (χ0v) is 29.1. The van der Waals surface area contributed by atoms with Crippen LogP contribution in [0.25, 0.3) is 27.6 Å². The molecule has 0 amide bonds. The van der Waals surface area contributed by atoms with E-state index in [1.54, 1.807) is 20.8 Å². The predicted molar refractivity (Wildman–Crippen MR) is 187 cm³/mol. The number of hydrogen-bond acceptors (Lipinski definition) is 6. The second-order valence-corrected chi connectivity index (χ2v) is 13.4. The summed E-state index contributed by atoms with van der Waals surface area (Å²) in [5.74, 6) is -5.11. The maximum Gasteiger partial charge on any atom is 0.418 e. The SMILES string of the molecule is CC.[B]C([B])(n1c(=N)n(C(C)(C)C)c2c3c(c(Nc4cnnc5c(C(F)(F)F)cc(F)cc45)cc21)C(c1cc(F)ccc1Cl)NC3=C)C(C)(O)F. The molecular weight excluding hydrogens is 693 g/mol. The van der Waals surface area contributed by atoms with Crippen molar-refractivity contribution in [2.45, 2.75) is 70.5 Å². The van der Waals surface area contributed by atoms with Gasteiger partial charge in [-0.1, -0.05) is 32.0 Å². The molecule has 1 aliphatic heterocycles. The van der Waals surface area contributed by atoms with E-state index in [1.165, 1.54) is 22.8 Å².